The lowest BCUT2D eigenvalue weighted by Crippen LogP contribution is -2.51. The van der Waals surface area contributed by atoms with E-state index in [2.05, 4.69) is 10.3 Å². The van der Waals surface area contributed by atoms with E-state index in [1.165, 1.54) is 0 Å². The number of nitrogens with zero attached hydrogens (tertiary/aromatic N) is 4. The molecule has 0 aliphatic carbocycles. The number of carbonyl (C=O) groups is 2. The summed E-state index contributed by atoms with van der Waals surface area (Å²) in [5, 5.41) is 3.29. The van der Waals surface area contributed by atoms with Crippen molar-refractivity contribution in [2.75, 3.05) is 53.0 Å². The number of hydrogen-bond donors (Lipinski definition) is 1. The fourth-order valence-corrected chi connectivity index (χ4v) is 3.89. The topological polar surface area (TPSA) is 79.7 Å². The monoisotopic (exact) mass is 377 g/mol. The predicted molar refractivity (Wildman–Crippen MR) is 101 cm³/mol. The van der Waals surface area contributed by atoms with E-state index in [1.54, 1.807) is 11.1 Å². The molecule has 8 heteroatoms. The molecule has 2 saturated heterocycles. The van der Waals surface area contributed by atoms with E-state index in [-0.39, 0.29) is 23.7 Å². The molecule has 0 bridgehead atoms. The lowest BCUT2D eigenvalue weighted by Gasteiger charge is -2.35. The van der Waals surface area contributed by atoms with E-state index < -0.39 is 0 Å². The zero-order valence-corrected chi connectivity index (χ0v) is 16.4. The fraction of sp³-hybridized carbons (Fsp3) is 0.737. The van der Waals surface area contributed by atoms with Gasteiger partial charge in [-0.05, 0) is 12.8 Å². The van der Waals surface area contributed by atoms with Crippen LogP contribution in [0.3, 0.4) is 0 Å². The average Bonchev–Trinajstić information content (AvgIpc) is 3.12. The quantitative estimate of drug-likeness (QED) is 0.749. The minimum atomic E-state index is -0.132. The lowest BCUT2D eigenvalue weighted by atomic mass is 9.88. The van der Waals surface area contributed by atoms with Gasteiger partial charge in [0, 0.05) is 65.6 Å². The molecule has 0 radical (unpaired) electrons. The smallest absolute Gasteiger partial charge is 0.227 e. The standard InChI is InChI=1S/C19H31N5O3/c1-22-7-5-21-17(22)4-3-6-23(2)18(25)15-12-16(14-20-13-15)19(26)24-8-10-27-11-9-24/h5,7,15-16,20H,3-4,6,8-14H2,1-2H3/t15-,16-/m1/s1. The molecular weight excluding hydrogens is 346 g/mol. The van der Waals surface area contributed by atoms with Gasteiger partial charge in [-0.2, -0.15) is 0 Å². The second kappa shape index (κ2) is 9.32. The molecule has 1 aromatic rings. The van der Waals surface area contributed by atoms with Crippen LogP contribution < -0.4 is 5.32 Å². The number of nitrogens with one attached hydrogen (secondary N) is 1. The zero-order valence-electron chi connectivity index (χ0n) is 16.4. The summed E-state index contributed by atoms with van der Waals surface area (Å²) >= 11 is 0. The molecule has 3 heterocycles. The SMILES string of the molecule is CN(CCCc1nccn1C)C(=O)[C@H]1CNC[C@H](C(=O)N2CCOCC2)C1. The normalized spacial score (nSPS) is 23.3. The maximum Gasteiger partial charge on any atom is 0.227 e. The van der Waals surface area contributed by atoms with Gasteiger partial charge in [-0.15, -0.1) is 0 Å². The number of aromatic nitrogens is 2. The summed E-state index contributed by atoms with van der Waals surface area (Å²) in [7, 11) is 3.84. The van der Waals surface area contributed by atoms with Gasteiger partial charge in [0.1, 0.15) is 5.82 Å². The molecule has 2 aliphatic rings. The number of rotatable bonds is 6. The fourth-order valence-electron chi connectivity index (χ4n) is 3.89. The first kappa shape index (κ1) is 19.8. The largest absolute Gasteiger partial charge is 0.378 e. The number of hydrogen-bond acceptors (Lipinski definition) is 5. The summed E-state index contributed by atoms with van der Waals surface area (Å²) in [5.41, 5.74) is 0. The van der Waals surface area contributed by atoms with Crippen LogP contribution in [0.2, 0.25) is 0 Å². The second-order valence-corrected chi connectivity index (χ2v) is 7.54. The Balaban J connectivity index is 1.46. The first-order valence-corrected chi connectivity index (χ1v) is 9.84. The van der Waals surface area contributed by atoms with E-state index >= 15 is 0 Å². The summed E-state index contributed by atoms with van der Waals surface area (Å²) in [5.74, 6) is 1.06. The Labute approximate surface area is 160 Å². The third-order valence-electron chi connectivity index (χ3n) is 5.56. The maximum absolute atomic E-state index is 12.8. The van der Waals surface area contributed by atoms with Crippen molar-refractivity contribution in [2.45, 2.75) is 19.3 Å². The molecule has 0 spiro atoms. The summed E-state index contributed by atoms with van der Waals surface area (Å²) in [4.78, 5) is 33.5. The molecule has 1 N–H and O–H groups in total. The van der Waals surface area contributed by atoms with Crippen LogP contribution in [0.4, 0.5) is 0 Å². The summed E-state index contributed by atoms with van der Waals surface area (Å²) in [6.45, 7) is 4.52. The van der Waals surface area contributed by atoms with Crippen LogP contribution in [0.5, 0.6) is 0 Å². The van der Waals surface area contributed by atoms with E-state index in [0.29, 0.717) is 52.4 Å². The van der Waals surface area contributed by atoms with Crippen LogP contribution in [0.15, 0.2) is 12.4 Å². The van der Waals surface area contributed by atoms with Crippen molar-refractivity contribution in [3.8, 4) is 0 Å². The van der Waals surface area contributed by atoms with Crippen LogP contribution in [0, 0.1) is 11.8 Å². The van der Waals surface area contributed by atoms with E-state index in [4.69, 9.17) is 4.74 Å². The van der Waals surface area contributed by atoms with Crippen molar-refractivity contribution >= 4 is 11.8 Å². The predicted octanol–water partition coefficient (Wildman–Crippen LogP) is -0.104. The first-order valence-electron chi connectivity index (χ1n) is 9.84. The van der Waals surface area contributed by atoms with Crippen LogP contribution in [0.25, 0.3) is 0 Å². The van der Waals surface area contributed by atoms with Crippen molar-refractivity contribution in [3.05, 3.63) is 18.2 Å². The molecule has 0 unspecified atom stereocenters. The molecule has 1 aromatic heterocycles. The molecular formula is C19H31N5O3. The third-order valence-corrected chi connectivity index (χ3v) is 5.56. The summed E-state index contributed by atoms with van der Waals surface area (Å²) < 4.78 is 7.33. The van der Waals surface area contributed by atoms with Gasteiger partial charge in [-0.1, -0.05) is 0 Å². The van der Waals surface area contributed by atoms with E-state index in [1.807, 2.05) is 29.8 Å². The number of carbonyl (C=O) groups excluding carboxylic acids is 2. The molecule has 2 aliphatic heterocycles. The summed E-state index contributed by atoms with van der Waals surface area (Å²) in [6.07, 6.45) is 6.09. The average molecular weight is 377 g/mol. The van der Waals surface area contributed by atoms with E-state index in [0.717, 1.165) is 18.7 Å². The highest BCUT2D eigenvalue weighted by Gasteiger charge is 2.34. The second-order valence-electron chi connectivity index (χ2n) is 7.54. The van der Waals surface area contributed by atoms with Gasteiger partial charge >= 0.3 is 0 Å². The molecule has 150 valence electrons. The van der Waals surface area contributed by atoms with Gasteiger partial charge in [-0.25, -0.2) is 4.98 Å². The van der Waals surface area contributed by atoms with Crippen molar-refractivity contribution in [1.29, 1.82) is 0 Å². The lowest BCUT2D eigenvalue weighted by molar-refractivity contribution is -0.142. The Morgan fingerprint density at radius 1 is 1.30 bits per heavy atom. The molecule has 27 heavy (non-hydrogen) atoms. The summed E-state index contributed by atoms with van der Waals surface area (Å²) in [6, 6.07) is 0. The number of morpholine rings is 1. The number of amides is 2. The van der Waals surface area contributed by atoms with Crippen molar-refractivity contribution in [1.82, 2.24) is 24.7 Å². The van der Waals surface area contributed by atoms with Gasteiger partial charge in [-0.3, -0.25) is 9.59 Å². The Bertz CT molecular complexity index is 641. The van der Waals surface area contributed by atoms with Crippen LogP contribution >= 0.6 is 0 Å². The Hall–Kier alpha value is -1.93. The third kappa shape index (κ3) is 5.07. The molecule has 8 nitrogen and oxygen atoms in total. The molecule has 3 rings (SSSR count). The Morgan fingerprint density at radius 3 is 2.74 bits per heavy atom. The first-order chi connectivity index (χ1) is 13.1. The molecule has 0 saturated carbocycles. The van der Waals surface area contributed by atoms with Crippen LogP contribution in [0.1, 0.15) is 18.7 Å². The molecule has 2 atom stereocenters. The maximum atomic E-state index is 12.8. The number of piperidine rings is 1. The highest BCUT2D eigenvalue weighted by Crippen LogP contribution is 2.21. The van der Waals surface area contributed by atoms with Gasteiger partial charge < -0.3 is 24.4 Å². The van der Waals surface area contributed by atoms with Crippen LogP contribution in [-0.2, 0) is 27.8 Å². The molecule has 0 aromatic carbocycles. The van der Waals surface area contributed by atoms with Gasteiger partial charge in [0.25, 0.3) is 0 Å². The number of imidazole rings is 1. The van der Waals surface area contributed by atoms with E-state index in [9.17, 15) is 9.59 Å². The Kier molecular flexibility index (Phi) is 6.84. The zero-order chi connectivity index (χ0) is 19.2. The highest BCUT2D eigenvalue weighted by molar-refractivity contribution is 5.83. The van der Waals surface area contributed by atoms with Gasteiger partial charge in [0.05, 0.1) is 25.0 Å². The Morgan fingerprint density at radius 2 is 2.04 bits per heavy atom. The van der Waals surface area contributed by atoms with Gasteiger partial charge in [0.15, 0.2) is 0 Å². The van der Waals surface area contributed by atoms with Crippen LogP contribution in [-0.4, -0.2) is 84.2 Å². The van der Waals surface area contributed by atoms with Crippen molar-refractivity contribution < 1.29 is 14.3 Å². The minimum Gasteiger partial charge on any atom is -0.378 e. The number of ether oxygens (including phenoxy) is 1. The van der Waals surface area contributed by atoms with Gasteiger partial charge in [0.2, 0.25) is 11.8 Å². The molecule has 2 amide bonds. The minimum absolute atomic E-state index is 0.119. The molecule has 2 fully saturated rings. The van der Waals surface area contributed by atoms with Crippen molar-refractivity contribution in [3.63, 3.8) is 0 Å². The highest BCUT2D eigenvalue weighted by atomic mass is 16.5. The number of aryl methyl sites for hydroxylation is 2. The van der Waals surface area contributed by atoms with Crippen molar-refractivity contribution in [2.24, 2.45) is 18.9 Å².